The van der Waals surface area contributed by atoms with Gasteiger partial charge in [-0.1, -0.05) is 24.3 Å². The quantitative estimate of drug-likeness (QED) is 0.479. The van der Waals surface area contributed by atoms with Crippen molar-refractivity contribution in [3.63, 3.8) is 0 Å². The highest BCUT2D eigenvalue weighted by Gasteiger charge is 2.38. The molecule has 1 aliphatic heterocycles. The predicted octanol–water partition coefficient (Wildman–Crippen LogP) is 2.39. The lowest BCUT2D eigenvalue weighted by Gasteiger charge is -2.28. The van der Waals surface area contributed by atoms with Gasteiger partial charge < -0.3 is 15.7 Å². The molecule has 5 rings (SSSR count). The maximum atomic E-state index is 14.7. The third-order valence-corrected chi connectivity index (χ3v) is 5.94. The summed E-state index contributed by atoms with van der Waals surface area (Å²) in [6, 6.07) is 14.5. The fourth-order valence-electron chi connectivity index (χ4n) is 4.47. The average molecular weight is 457 g/mol. The van der Waals surface area contributed by atoms with Crippen molar-refractivity contribution in [1.82, 2.24) is 19.5 Å². The number of nitrogens with two attached hydrogens (primary N) is 1. The normalized spacial score (nSPS) is 17.8. The SMILES string of the molecule is Cc1nc(N)nc(N2C[C@@H](O)C[C@H]2c2nc3cccc(F)c3c(=O)n2-c2ccccc2)c1C#N. The molecule has 2 atom stereocenters. The first-order chi connectivity index (χ1) is 16.4. The summed E-state index contributed by atoms with van der Waals surface area (Å²) in [7, 11) is 0. The molecule has 34 heavy (non-hydrogen) atoms. The number of nitrogen functional groups attached to an aromatic ring is 1. The van der Waals surface area contributed by atoms with E-state index >= 15 is 0 Å². The van der Waals surface area contributed by atoms with Gasteiger partial charge in [0.05, 0.1) is 29.0 Å². The minimum absolute atomic E-state index is 0.0133. The molecule has 0 spiro atoms. The second-order valence-electron chi connectivity index (χ2n) is 8.12. The highest BCUT2D eigenvalue weighted by atomic mass is 19.1. The molecule has 0 saturated carbocycles. The van der Waals surface area contributed by atoms with Gasteiger partial charge in [0, 0.05) is 13.0 Å². The summed E-state index contributed by atoms with van der Waals surface area (Å²) in [6.45, 7) is 1.79. The Morgan fingerprint density at radius 1 is 1.15 bits per heavy atom. The number of fused-ring (bicyclic) bond motifs is 1. The van der Waals surface area contributed by atoms with E-state index in [-0.39, 0.29) is 41.2 Å². The van der Waals surface area contributed by atoms with Crippen LogP contribution in [0.1, 0.15) is 29.5 Å². The first-order valence-corrected chi connectivity index (χ1v) is 10.6. The molecule has 0 amide bonds. The summed E-state index contributed by atoms with van der Waals surface area (Å²) in [5.74, 6) is -0.132. The molecular weight excluding hydrogens is 437 g/mol. The van der Waals surface area contributed by atoms with Gasteiger partial charge in [0.2, 0.25) is 5.95 Å². The molecule has 2 aromatic carbocycles. The smallest absolute Gasteiger partial charge is 0.269 e. The fraction of sp³-hybridized carbons (Fsp3) is 0.208. The van der Waals surface area contributed by atoms with Gasteiger partial charge in [-0.2, -0.15) is 10.2 Å². The molecule has 0 unspecified atom stereocenters. The van der Waals surface area contributed by atoms with E-state index < -0.39 is 23.5 Å². The van der Waals surface area contributed by atoms with Crippen molar-refractivity contribution in [1.29, 1.82) is 5.26 Å². The minimum Gasteiger partial charge on any atom is -0.391 e. The monoisotopic (exact) mass is 457 g/mol. The van der Waals surface area contributed by atoms with E-state index in [1.54, 1.807) is 48.2 Å². The lowest BCUT2D eigenvalue weighted by Crippen LogP contribution is -2.33. The molecule has 0 radical (unpaired) electrons. The number of nitriles is 1. The van der Waals surface area contributed by atoms with Gasteiger partial charge >= 0.3 is 0 Å². The van der Waals surface area contributed by atoms with Crippen LogP contribution in [-0.4, -0.2) is 37.3 Å². The third-order valence-electron chi connectivity index (χ3n) is 5.94. The number of para-hydroxylation sites is 1. The number of hydrogen-bond donors (Lipinski definition) is 2. The molecular formula is C24H20FN7O2. The van der Waals surface area contributed by atoms with Gasteiger partial charge in [-0.25, -0.2) is 14.4 Å². The molecule has 3 heterocycles. The number of benzene rings is 2. The number of rotatable bonds is 3. The third kappa shape index (κ3) is 3.43. The van der Waals surface area contributed by atoms with E-state index in [1.165, 1.54) is 16.7 Å². The van der Waals surface area contributed by atoms with Crippen molar-refractivity contribution in [3.8, 4) is 11.8 Å². The summed E-state index contributed by atoms with van der Waals surface area (Å²) in [5, 5.41) is 20.2. The Labute approximate surface area is 193 Å². The molecule has 170 valence electrons. The van der Waals surface area contributed by atoms with Gasteiger partial charge in [0.1, 0.15) is 28.7 Å². The van der Waals surface area contributed by atoms with Crippen LogP contribution < -0.4 is 16.2 Å². The summed E-state index contributed by atoms with van der Waals surface area (Å²) in [6.07, 6.45) is -0.564. The predicted molar refractivity (Wildman–Crippen MR) is 124 cm³/mol. The van der Waals surface area contributed by atoms with Crippen LogP contribution in [0, 0.1) is 24.1 Å². The summed E-state index contributed by atoms with van der Waals surface area (Å²) in [4.78, 5) is 28.3. The number of aliphatic hydroxyl groups excluding tert-OH is 1. The van der Waals surface area contributed by atoms with Crippen molar-refractivity contribution in [3.05, 3.63) is 81.8 Å². The first kappa shape index (κ1) is 21.5. The van der Waals surface area contributed by atoms with Crippen LogP contribution in [0.4, 0.5) is 16.2 Å². The number of hydrogen-bond acceptors (Lipinski definition) is 8. The van der Waals surface area contributed by atoms with Crippen LogP contribution in [0.3, 0.4) is 0 Å². The molecule has 1 saturated heterocycles. The van der Waals surface area contributed by atoms with E-state index in [0.717, 1.165) is 0 Å². The molecule has 0 aliphatic carbocycles. The Bertz CT molecular complexity index is 1510. The van der Waals surface area contributed by atoms with Gasteiger partial charge in [-0.05, 0) is 31.2 Å². The van der Waals surface area contributed by atoms with Crippen molar-refractivity contribution in [2.45, 2.75) is 25.5 Å². The standard InChI is InChI=1S/C24H20FN7O2/c1-13-16(11-26)21(30-24(27)28-13)31-12-15(33)10-19(31)22-29-18-9-5-8-17(25)20(18)23(34)32(22)14-6-3-2-4-7-14/h2-9,15,19,33H,10,12H2,1H3,(H2,27,28,30)/t15-,19-/m0/s1. The van der Waals surface area contributed by atoms with E-state index in [1.807, 2.05) is 0 Å². The number of anilines is 2. The van der Waals surface area contributed by atoms with Crippen molar-refractivity contribution < 1.29 is 9.50 Å². The molecule has 9 nitrogen and oxygen atoms in total. The number of aliphatic hydroxyl groups is 1. The first-order valence-electron chi connectivity index (χ1n) is 10.6. The number of nitrogens with zero attached hydrogens (tertiary/aromatic N) is 6. The van der Waals surface area contributed by atoms with Gasteiger partial charge in [0.25, 0.3) is 5.56 Å². The van der Waals surface area contributed by atoms with Crippen LogP contribution in [0.5, 0.6) is 0 Å². The Morgan fingerprint density at radius 3 is 2.65 bits per heavy atom. The molecule has 0 bridgehead atoms. The van der Waals surface area contributed by atoms with E-state index in [2.05, 4.69) is 21.0 Å². The van der Waals surface area contributed by atoms with Crippen molar-refractivity contribution in [2.24, 2.45) is 0 Å². The second kappa shape index (κ2) is 8.20. The molecule has 4 aromatic rings. The van der Waals surface area contributed by atoms with Crippen molar-refractivity contribution >= 4 is 22.7 Å². The number of aromatic nitrogens is 4. The Hall–Kier alpha value is -4.36. The summed E-state index contributed by atoms with van der Waals surface area (Å²) in [5.41, 5.74) is 6.63. The van der Waals surface area contributed by atoms with Gasteiger partial charge in [-0.3, -0.25) is 9.36 Å². The van der Waals surface area contributed by atoms with Crippen LogP contribution in [0.2, 0.25) is 0 Å². The number of β-amino-alcohol motifs (C(OH)–C–C–N with tert-alkyl or cyclic N) is 1. The lowest BCUT2D eigenvalue weighted by atomic mass is 10.1. The van der Waals surface area contributed by atoms with E-state index in [4.69, 9.17) is 5.73 Å². The van der Waals surface area contributed by atoms with Crippen LogP contribution in [0.15, 0.2) is 53.3 Å². The zero-order chi connectivity index (χ0) is 24.0. The van der Waals surface area contributed by atoms with E-state index in [0.29, 0.717) is 17.2 Å². The highest BCUT2D eigenvalue weighted by molar-refractivity contribution is 5.79. The van der Waals surface area contributed by atoms with Gasteiger partial charge in [0.15, 0.2) is 5.82 Å². The zero-order valence-electron chi connectivity index (χ0n) is 18.2. The van der Waals surface area contributed by atoms with Gasteiger partial charge in [-0.15, -0.1) is 0 Å². The Morgan fingerprint density at radius 2 is 1.91 bits per heavy atom. The maximum Gasteiger partial charge on any atom is 0.269 e. The minimum atomic E-state index is -0.780. The lowest BCUT2D eigenvalue weighted by molar-refractivity contribution is 0.193. The average Bonchev–Trinajstić information content (AvgIpc) is 3.20. The molecule has 1 fully saturated rings. The van der Waals surface area contributed by atoms with Crippen LogP contribution in [-0.2, 0) is 0 Å². The Balaban J connectivity index is 1.80. The molecule has 2 aromatic heterocycles. The fourth-order valence-corrected chi connectivity index (χ4v) is 4.47. The molecule has 3 N–H and O–H groups in total. The maximum absolute atomic E-state index is 14.7. The van der Waals surface area contributed by atoms with E-state index in [9.17, 15) is 19.6 Å². The number of halogens is 1. The highest BCUT2D eigenvalue weighted by Crippen LogP contribution is 2.37. The molecule has 1 aliphatic rings. The largest absolute Gasteiger partial charge is 0.391 e. The van der Waals surface area contributed by atoms with Crippen molar-refractivity contribution in [2.75, 3.05) is 17.2 Å². The zero-order valence-corrected chi connectivity index (χ0v) is 18.2. The Kier molecular flexibility index (Phi) is 5.18. The summed E-state index contributed by atoms with van der Waals surface area (Å²) >= 11 is 0. The number of aryl methyl sites for hydroxylation is 1. The second-order valence-corrected chi connectivity index (χ2v) is 8.12. The molecule has 10 heteroatoms. The van der Waals surface area contributed by atoms with Crippen LogP contribution >= 0.6 is 0 Å². The summed E-state index contributed by atoms with van der Waals surface area (Å²) < 4.78 is 16.0. The topological polar surface area (TPSA) is 134 Å². The van der Waals surface area contributed by atoms with Crippen LogP contribution in [0.25, 0.3) is 16.6 Å².